The molecule has 1 rings (SSSR count). The molecule has 90 valence electrons. The molecule has 0 unspecified atom stereocenters. The number of hydrogen-bond acceptors (Lipinski definition) is 4. The largest absolute Gasteiger partial charge is 0.342 e. The van der Waals surface area contributed by atoms with Gasteiger partial charge in [-0.3, -0.25) is 4.79 Å². The molecule has 0 bridgehead atoms. The van der Waals surface area contributed by atoms with Gasteiger partial charge in [0.2, 0.25) is 11.8 Å². The number of hydrogen-bond donors (Lipinski definition) is 0. The number of carbonyl (C=O) groups excluding carboxylic acids is 1. The van der Waals surface area contributed by atoms with Crippen LogP contribution in [0.4, 0.5) is 0 Å². The maximum atomic E-state index is 11.9. The second kappa shape index (κ2) is 6.25. The smallest absolute Gasteiger partial charge is 0.236 e. The highest BCUT2D eigenvalue weighted by Gasteiger charge is 2.15. The number of carbonyl (C=O) groups is 1. The van der Waals surface area contributed by atoms with Crippen LogP contribution in [0.3, 0.4) is 0 Å². The molecule has 0 radical (unpaired) electrons. The van der Waals surface area contributed by atoms with Crippen LogP contribution < -0.4 is 0 Å². The van der Waals surface area contributed by atoms with Crippen molar-refractivity contribution >= 4 is 5.91 Å². The van der Waals surface area contributed by atoms with Gasteiger partial charge in [0.1, 0.15) is 6.42 Å². The normalized spacial score (nSPS) is 10.4. The van der Waals surface area contributed by atoms with E-state index >= 15 is 0 Å². The maximum Gasteiger partial charge on any atom is 0.236 e. The molecule has 0 aliphatic heterocycles. The van der Waals surface area contributed by atoms with Crippen LogP contribution in [0.1, 0.15) is 38.4 Å². The van der Waals surface area contributed by atoms with Crippen molar-refractivity contribution in [3.8, 4) is 0 Å². The highest BCUT2D eigenvalue weighted by Crippen LogP contribution is 2.02. The lowest BCUT2D eigenvalue weighted by Gasteiger charge is -2.20. The zero-order valence-corrected chi connectivity index (χ0v) is 10.2. The minimum Gasteiger partial charge on any atom is -0.342 e. The summed E-state index contributed by atoms with van der Waals surface area (Å²) in [4.78, 5) is 17.8. The summed E-state index contributed by atoms with van der Waals surface area (Å²) in [5.74, 6) is 1.03. The molecule has 0 N–H and O–H groups in total. The van der Waals surface area contributed by atoms with Crippen LogP contribution in [0.15, 0.2) is 4.52 Å². The average molecular weight is 225 g/mol. The predicted molar refractivity (Wildman–Crippen MR) is 59.9 cm³/mol. The monoisotopic (exact) mass is 225 g/mol. The quantitative estimate of drug-likeness (QED) is 0.737. The van der Waals surface area contributed by atoms with E-state index in [1.54, 1.807) is 6.92 Å². The summed E-state index contributed by atoms with van der Waals surface area (Å²) in [5.41, 5.74) is 0. The number of aromatic nitrogens is 2. The van der Waals surface area contributed by atoms with E-state index < -0.39 is 0 Å². The van der Waals surface area contributed by atoms with E-state index in [4.69, 9.17) is 4.52 Å². The molecule has 16 heavy (non-hydrogen) atoms. The highest BCUT2D eigenvalue weighted by molar-refractivity contribution is 5.77. The number of aryl methyl sites for hydroxylation is 1. The van der Waals surface area contributed by atoms with Crippen LogP contribution in [-0.4, -0.2) is 34.0 Å². The van der Waals surface area contributed by atoms with Crippen molar-refractivity contribution in [2.24, 2.45) is 0 Å². The summed E-state index contributed by atoms with van der Waals surface area (Å²) in [6.45, 7) is 7.45. The Bertz CT molecular complexity index is 330. The van der Waals surface area contributed by atoms with Gasteiger partial charge in [-0.25, -0.2) is 0 Å². The first kappa shape index (κ1) is 12.7. The van der Waals surface area contributed by atoms with Crippen LogP contribution in [0, 0.1) is 6.92 Å². The van der Waals surface area contributed by atoms with Crippen molar-refractivity contribution in [1.82, 2.24) is 15.0 Å². The van der Waals surface area contributed by atoms with Crippen molar-refractivity contribution in [2.45, 2.75) is 40.0 Å². The summed E-state index contributed by atoms with van der Waals surface area (Å²) in [5, 5.41) is 3.66. The van der Waals surface area contributed by atoms with Crippen molar-refractivity contribution < 1.29 is 9.32 Å². The Hall–Kier alpha value is -1.39. The fraction of sp³-hybridized carbons (Fsp3) is 0.727. The molecule has 0 aliphatic carbocycles. The molecule has 0 saturated carbocycles. The lowest BCUT2D eigenvalue weighted by molar-refractivity contribution is -0.130. The third kappa shape index (κ3) is 3.64. The summed E-state index contributed by atoms with van der Waals surface area (Å²) in [6, 6.07) is 0. The standard InChI is InChI=1S/C11H19N3O2/c1-4-6-14(7-5-2)11(15)8-10-12-9(3)13-16-10/h4-8H2,1-3H3. The highest BCUT2D eigenvalue weighted by atomic mass is 16.5. The summed E-state index contributed by atoms with van der Waals surface area (Å²) in [7, 11) is 0. The van der Waals surface area contributed by atoms with E-state index in [2.05, 4.69) is 24.0 Å². The zero-order valence-electron chi connectivity index (χ0n) is 10.2. The van der Waals surface area contributed by atoms with E-state index in [0.29, 0.717) is 11.7 Å². The van der Waals surface area contributed by atoms with Crippen LogP contribution in [0.5, 0.6) is 0 Å². The van der Waals surface area contributed by atoms with E-state index in [-0.39, 0.29) is 12.3 Å². The predicted octanol–water partition coefficient (Wildman–Crippen LogP) is 1.57. The second-order valence-electron chi connectivity index (χ2n) is 3.79. The number of amides is 1. The minimum atomic E-state index is 0.0624. The first-order valence-electron chi connectivity index (χ1n) is 5.74. The van der Waals surface area contributed by atoms with Gasteiger partial charge in [0.25, 0.3) is 0 Å². The second-order valence-corrected chi connectivity index (χ2v) is 3.79. The zero-order chi connectivity index (χ0) is 12.0. The molecular weight excluding hydrogens is 206 g/mol. The fourth-order valence-corrected chi connectivity index (χ4v) is 1.55. The molecule has 0 aliphatic rings. The molecule has 5 heteroatoms. The first-order chi connectivity index (χ1) is 7.67. The fourth-order valence-electron chi connectivity index (χ4n) is 1.55. The molecule has 1 amide bonds. The lowest BCUT2D eigenvalue weighted by atomic mass is 10.3. The van der Waals surface area contributed by atoms with Gasteiger partial charge < -0.3 is 9.42 Å². The molecule has 0 saturated heterocycles. The SMILES string of the molecule is CCCN(CCC)C(=O)Cc1nc(C)no1. The molecule has 0 spiro atoms. The van der Waals surface area contributed by atoms with Crippen LogP contribution in [0.25, 0.3) is 0 Å². The Morgan fingerprint density at radius 1 is 1.31 bits per heavy atom. The molecule has 1 aromatic rings. The van der Waals surface area contributed by atoms with Gasteiger partial charge in [0.05, 0.1) is 0 Å². The molecule has 0 aromatic carbocycles. The van der Waals surface area contributed by atoms with Gasteiger partial charge in [0, 0.05) is 13.1 Å². The third-order valence-corrected chi connectivity index (χ3v) is 2.21. The molecule has 0 fully saturated rings. The first-order valence-corrected chi connectivity index (χ1v) is 5.74. The van der Waals surface area contributed by atoms with Gasteiger partial charge in [-0.05, 0) is 19.8 Å². The Morgan fingerprint density at radius 3 is 2.38 bits per heavy atom. The topological polar surface area (TPSA) is 59.2 Å². The van der Waals surface area contributed by atoms with E-state index in [9.17, 15) is 4.79 Å². The number of nitrogens with zero attached hydrogens (tertiary/aromatic N) is 3. The van der Waals surface area contributed by atoms with Crippen molar-refractivity contribution in [3.63, 3.8) is 0 Å². The summed E-state index contributed by atoms with van der Waals surface area (Å²) >= 11 is 0. The maximum absolute atomic E-state index is 11.9. The van der Waals surface area contributed by atoms with Gasteiger partial charge in [-0.15, -0.1) is 0 Å². The number of rotatable bonds is 6. The molecule has 5 nitrogen and oxygen atoms in total. The van der Waals surface area contributed by atoms with Crippen LogP contribution >= 0.6 is 0 Å². The minimum absolute atomic E-state index is 0.0624. The third-order valence-electron chi connectivity index (χ3n) is 2.21. The van der Waals surface area contributed by atoms with E-state index in [0.717, 1.165) is 25.9 Å². The Kier molecular flexibility index (Phi) is 4.95. The van der Waals surface area contributed by atoms with Gasteiger partial charge in [-0.1, -0.05) is 19.0 Å². The van der Waals surface area contributed by atoms with Gasteiger partial charge >= 0.3 is 0 Å². The Labute approximate surface area is 95.8 Å². The molecule has 1 aromatic heterocycles. The van der Waals surface area contributed by atoms with Crippen molar-refractivity contribution in [1.29, 1.82) is 0 Å². The van der Waals surface area contributed by atoms with E-state index in [1.807, 2.05) is 4.90 Å². The summed E-state index contributed by atoms with van der Waals surface area (Å²) in [6.07, 6.45) is 2.14. The van der Waals surface area contributed by atoms with Crippen LogP contribution in [0.2, 0.25) is 0 Å². The molecular formula is C11H19N3O2. The lowest BCUT2D eigenvalue weighted by Crippen LogP contribution is -2.33. The Balaban J connectivity index is 2.54. The van der Waals surface area contributed by atoms with Gasteiger partial charge in [-0.2, -0.15) is 4.98 Å². The van der Waals surface area contributed by atoms with Crippen LogP contribution in [-0.2, 0) is 11.2 Å². The molecule has 0 atom stereocenters. The summed E-state index contributed by atoms with van der Waals surface area (Å²) < 4.78 is 4.93. The molecule has 1 heterocycles. The van der Waals surface area contributed by atoms with Gasteiger partial charge in [0.15, 0.2) is 5.82 Å². The van der Waals surface area contributed by atoms with Crippen molar-refractivity contribution in [3.05, 3.63) is 11.7 Å². The Morgan fingerprint density at radius 2 is 1.94 bits per heavy atom. The average Bonchev–Trinajstić information content (AvgIpc) is 2.63. The van der Waals surface area contributed by atoms with E-state index in [1.165, 1.54) is 0 Å². The van der Waals surface area contributed by atoms with Crippen molar-refractivity contribution in [2.75, 3.05) is 13.1 Å².